The summed E-state index contributed by atoms with van der Waals surface area (Å²) in [7, 11) is 1.63. The number of nitrogens with zero attached hydrogens (tertiary/aromatic N) is 4. The van der Waals surface area contributed by atoms with Crippen LogP contribution in [-0.4, -0.2) is 39.4 Å². The van der Waals surface area contributed by atoms with Gasteiger partial charge in [-0.3, -0.25) is 14.8 Å². The Bertz CT molecular complexity index is 1380. The van der Waals surface area contributed by atoms with Crippen molar-refractivity contribution >= 4 is 36.1 Å². The van der Waals surface area contributed by atoms with Gasteiger partial charge in [0, 0.05) is 54.5 Å². The van der Waals surface area contributed by atoms with Crippen molar-refractivity contribution in [2.24, 2.45) is 0 Å². The predicted molar refractivity (Wildman–Crippen MR) is 141 cm³/mol. The van der Waals surface area contributed by atoms with E-state index in [2.05, 4.69) is 49.6 Å². The summed E-state index contributed by atoms with van der Waals surface area (Å²) >= 11 is 0. The molecule has 8 nitrogen and oxygen atoms in total. The topological polar surface area (TPSA) is 102 Å². The molecule has 3 aromatic heterocycles. The molecule has 1 aliphatic heterocycles. The maximum atomic E-state index is 12.3. The molecule has 5 rings (SSSR count). The lowest BCUT2D eigenvalue weighted by molar-refractivity contribution is 0.0787. The molecule has 9 heteroatoms. The van der Waals surface area contributed by atoms with Crippen molar-refractivity contribution in [3.05, 3.63) is 77.5 Å². The second-order valence-corrected chi connectivity index (χ2v) is 8.46. The first kappa shape index (κ1) is 24.6. The van der Waals surface area contributed by atoms with Crippen LogP contribution in [0.5, 0.6) is 0 Å². The molecule has 1 aliphatic rings. The summed E-state index contributed by atoms with van der Waals surface area (Å²) in [6, 6.07) is 11.7. The summed E-state index contributed by atoms with van der Waals surface area (Å²) in [6.07, 6.45) is 5.12. The number of nitrogens with one attached hydrogen (secondary N) is 2. The third-order valence-electron chi connectivity index (χ3n) is 6.27. The van der Waals surface area contributed by atoms with Crippen molar-refractivity contribution in [1.29, 1.82) is 0 Å². The molecule has 1 aromatic carbocycles. The van der Waals surface area contributed by atoms with Crippen LogP contribution in [0.2, 0.25) is 0 Å². The fourth-order valence-corrected chi connectivity index (χ4v) is 4.33. The van der Waals surface area contributed by atoms with Crippen LogP contribution in [-0.2, 0) is 11.3 Å². The number of carbonyl (C=O) groups excluding carboxylic acids is 1. The highest BCUT2D eigenvalue weighted by Gasteiger charge is 2.21. The molecular formula is C26H28N6O2S. The lowest BCUT2D eigenvalue weighted by atomic mass is 9.96. The van der Waals surface area contributed by atoms with Gasteiger partial charge in [-0.05, 0) is 24.6 Å². The Labute approximate surface area is 211 Å². The van der Waals surface area contributed by atoms with Gasteiger partial charge in [0.1, 0.15) is 12.1 Å². The van der Waals surface area contributed by atoms with Crippen molar-refractivity contribution in [2.75, 3.05) is 18.9 Å². The van der Waals surface area contributed by atoms with Gasteiger partial charge in [0.05, 0.1) is 35.2 Å². The van der Waals surface area contributed by atoms with E-state index in [-0.39, 0.29) is 31.4 Å². The molecule has 180 valence electrons. The highest BCUT2D eigenvalue weighted by atomic mass is 32.1. The molecule has 0 spiro atoms. The quantitative estimate of drug-likeness (QED) is 0.416. The minimum Gasteiger partial charge on any atom is -0.369 e. The fraction of sp³-hybridized carbons (Fsp3) is 0.269. The van der Waals surface area contributed by atoms with E-state index in [1.165, 1.54) is 0 Å². The average Bonchev–Trinajstić information content (AvgIpc) is 3.26. The molecule has 0 saturated heterocycles. The SMILES string of the molecule is CNC(=O)c1ccnc2c([C@H](C)CNc3cc(-c4cnc5c(c4)[C@@H](C)OC5)ncn3)cccc12.S. The zero-order chi connectivity index (χ0) is 23.7. The van der Waals surface area contributed by atoms with Crippen LogP contribution < -0.4 is 10.6 Å². The number of ether oxygens (including phenoxy) is 1. The molecule has 2 atom stereocenters. The fourth-order valence-electron chi connectivity index (χ4n) is 4.33. The summed E-state index contributed by atoms with van der Waals surface area (Å²) < 4.78 is 5.67. The van der Waals surface area contributed by atoms with Crippen LogP contribution in [0.15, 0.2) is 55.1 Å². The van der Waals surface area contributed by atoms with Crippen LogP contribution >= 0.6 is 13.5 Å². The van der Waals surface area contributed by atoms with Crippen molar-refractivity contribution < 1.29 is 9.53 Å². The number of carbonyl (C=O) groups is 1. The number of hydrogen-bond donors (Lipinski definition) is 2. The second kappa shape index (κ2) is 10.4. The minimum absolute atomic E-state index is 0. The molecule has 35 heavy (non-hydrogen) atoms. The molecule has 2 N–H and O–H groups in total. The van der Waals surface area contributed by atoms with E-state index in [4.69, 9.17) is 4.74 Å². The molecule has 4 heterocycles. The number of rotatable bonds is 6. The van der Waals surface area contributed by atoms with Gasteiger partial charge >= 0.3 is 0 Å². The van der Waals surface area contributed by atoms with Crippen LogP contribution in [0.3, 0.4) is 0 Å². The van der Waals surface area contributed by atoms with E-state index in [0.717, 1.165) is 44.8 Å². The number of benzene rings is 1. The zero-order valence-corrected chi connectivity index (χ0v) is 20.9. The molecule has 0 bridgehead atoms. The van der Waals surface area contributed by atoms with E-state index >= 15 is 0 Å². The molecule has 0 saturated carbocycles. The highest BCUT2D eigenvalue weighted by molar-refractivity contribution is 7.59. The van der Waals surface area contributed by atoms with Gasteiger partial charge in [0.25, 0.3) is 5.91 Å². The van der Waals surface area contributed by atoms with E-state index < -0.39 is 0 Å². The number of anilines is 1. The zero-order valence-electron chi connectivity index (χ0n) is 19.9. The monoisotopic (exact) mass is 488 g/mol. The molecule has 4 aromatic rings. The Morgan fingerprint density at radius 2 is 2.03 bits per heavy atom. The highest BCUT2D eigenvalue weighted by Crippen LogP contribution is 2.32. The number of fused-ring (bicyclic) bond motifs is 2. The molecule has 0 radical (unpaired) electrons. The second-order valence-electron chi connectivity index (χ2n) is 8.46. The van der Waals surface area contributed by atoms with Crippen molar-refractivity contribution in [3.63, 3.8) is 0 Å². The van der Waals surface area contributed by atoms with Crippen molar-refractivity contribution in [2.45, 2.75) is 32.5 Å². The first-order chi connectivity index (χ1) is 16.5. The lowest BCUT2D eigenvalue weighted by Crippen LogP contribution is -2.18. The molecular weight excluding hydrogens is 460 g/mol. The summed E-state index contributed by atoms with van der Waals surface area (Å²) in [6.45, 7) is 5.36. The van der Waals surface area contributed by atoms with E-state index in [1.807, 2.05) is 31.3 Å². The Kier molecular flexibility index (Phi) is 7.28. The Morgan fingerprint density at radius 1 is 1.17 bits per heavy atom. The minimum atomic E-state index is -0.120. The summed E-state index contributed by atoms with van der Waals surface area (Å²) in [5, 5.41) is 6.97. The summed E-state index contributed by atoms with van der Waals surface area (Å²) in [5.74, 6) is 0.751. The van der Waals surface area contributed by atoms with Gasteiger partial charge < -0.3 is 15.4 Å². The lowest BCUT2D eigenvalue weighted by Gasteiger charge is -2.16. The van der Waals surface area contributed by atoms with Crippen LogP contribution in [0.25, 0.3) is 22.2 Å². The Hall–Kier alpha value is -3.56. The van der Waals surface area contributed by atoms with Crippen LogP contribution in [0.1, 0.15) is 53.0 Å². The van der Waals surface area contributed by atoms with Gasteiger partial charge in [0.15, 0.2) is 0 Å². The normalized spacial score (nSPS) is 15.2. The number of amides is 1. The third kappa shape index (κ3) is 4.82. The van der Waals surface area contributed by atoms with Gasteiger partial charge in [-0.15, -0.1) is 0 Å². The van der Waals surface area contributed by atoms with Gasteiger partial charge in [0.2, 0.25) is 0 Å². The van der Waals surface area contributed by atoms with E-state index in [9.17, 15) is 4.79 Å². The average molecular weight is 489 g/mol. The van der Waals surface area contributed by atoms with Gasteiger partial charge in [-0.1, -0.05) is 25.1 Å². The number of pyridine rings is 2. The molecule has 0 unspecified atom stereocenters. The Morgan fingerprint density at radius 3 is 2.86 bits per heavy atom. The Balaban J connectivity index is 0.00000289. The van der Waals surface area contributed by atoms with Gasteiger partial charge in [-0.2, -0.15) is 13.5 Å². The number of para-hydroxylation sites is 1. The first-order valence-electron chi connectivity index (χ1n) is 11.3. The third-order valence-corrected chi connectivity index (χ3v) is 6.27. The maximum absolute atomic E-state index is 12.3. The summed E-state index contributed by atoms with van der Waals surface area (Å²) in [5.41, 5.74) is 6.37. The number of hydrogen-bond acceptors (Lipinski definition) is 7. The first-order valence-corrected chi connectivity index (χ1v) is 11.3. The van der Waals surface area contributed by atoms with Crippen molar-refractivity contribution in [3.8, 4) is 11.3 Å². The number of aromatic nitrogens is 4. The van der Waals surface area contributed by atoms with Crippen LogP contribution in [0, 0.1) is 0 Å². The molecule has 0 fully saturated rings. The maximum Gasteiger partial charge on any atom is 0.251 e. The standard InChI is InChI=1S/C26H26N6O2.H2S/c1-15(18-5-4-6-19-20(26(33)27-3)7-8-28-25(18)19)11-30-24-10-22(31-14-32-24)17-9-21-16(2)34-13-23(21)29-12-17;/h4-10,12,14-16H,11,13H2,1-3H3,(H,27,33)(H,30,31,32);1H2/t15-,16-;/m1./s1. The van der Waals surface area contributed by atoms with Crippen LogP contribution in [0.4, 0.5) is 5.82 Å². The van der Waals surface area contributed by atoms with Crippen molar-refractivity contribution in [1.82, 2.24) is 25.3 Å². The summed E-state index contributed by atoms with van der Waals surface area (Å²) in [4.78, 5) is 30.2. The largest absolute Gasteiger partial charge is 0.369 e. The smallest absolute Gasteiger partial charge is 0.251 e. The van der Waals surface area contributed by atoms with E-state index in [1.54, 1.807) is 25.6 Å². The molecule has 1 amide bonds. The molecule has 0 aliphatic carbocycles. The van der Waals surface area contributed by atoms with E-state index in [0.29, 0.717) is 18.7 Å². The predicted octanol–water partition coefficient (Wildman–Crippen LogP) is 4.37. The van der Waals surface area contributed by atoms with Gasteiger partial charge in [-0.25, -0.2) is 9.97 Å².